The number of primary amides is 1. The van der Waals surface area contributed by atoms with Gasteiger partial charge in [0.15, 0.2) is 0 Å². The Morgan fingerprint density at radius 2 is 1.91 bits per heavy atom. The number of carboxylic acid groups (broad SMARTS) is 1. The van der Waals surface area contributed by atoms with Crippen molar-refractivity contribution in [2.75, 3.05) is 0 Å². The maximum absolute atomic E-state index is 11.3. The predicted octanol–water partition coefficient (Wildman–Crippen LogP) is 2.60. The van der Waals surface area contributed by atoms with Gasteiger partial charge in [-0.15, -0.1) is 0 Å². The SMILES string of the molecule is Cc1c(C(=O)O)cccc1-n1c(C)cc(/C=C/C(N)=O)c1C. The Morgan fingerprint density at radius 1 is 1.23 bits per heavy atom. The summed E-state index contributed by atoms with van der Waals surface area (Å²) in [4.78, 5) is 22.2. The van der Waals surface area contributed by atoms with Crippen molar-refractivity contribution in [3.05, 3.63) is 58.4 Å². The van der Waals surface area contributed by atoms with Gasteiger partial charge in [0.1, 0.15) is 0 Å². The van der Waals surface area contributed by atoms with Crippen LogP contribution in [0.15, 0.2) is 30.3 Å². The Labute approximate surface area is 128 Å². The normalized spacial score (nSPS) is 11.0. The molecule has 3 N–H and O–H groups in total. The van der Waals surface area contributed by atoms with Crippen molar-refractivity contribution in [3.63, 3.8) is 0 Å². The monoisotopic (exact) mass is 298 g/mol. The van der Waals surface area contributed by atoms with E-state index in [9.17, 15) is 14.7 Å². The number of amides is 1. The van der Waals surface area contributed by atoms with Crippen LogP contribution in [0.2, 0.25) is 0 Å². The molecule has 0 saturated carbocycles. The third kappa shape index (κ3) is 2.79. The Bertz CT molecular complexity index is 785. The number of carboxylic acids is 1. The van der Waals surface area contributed by atoms with Gasteiger partial charge >= 0.3 is 5.97 Å². The molecule has 0 aliphatic rings. The molecule has 22 heavy (non-hydrogen) atoms. The van der Waals surface area contributed by atoms with Crippen LogP contribution < -0.4 is 5.73 Å². The molecule has 0 bridgehead atoms. The molecule has 0 aliphatic carbocycles. The number of nitrogens with zero attached hydrogens (tertiary/aromatic N) is 1. The van der Waals surface area contributed by atoms with Crippen LogP contribution in [-0.4, -0.2) is 21.6 Å². The summed E-state index contributed by atoms with van der Waals surface area (Å²) in [6, 6.07) is 7.12. The van der Waals surface area contributed by atoms with Crippen LogP contribution in [0, 0.1) is 20.8 Å². The number of benzene rings is 1. The Hall–Kier alpha value is -2.82. The molecule has 5 nitrogen and oxygen atoms in total. The third-order valence-electron chi connectivity index (χ3n) is 3.67. The summed E-state index contributed by atoms with van der Waals surface area (Å²) < 4.78 is 1.97. The largest absolute Gasteiger partial charge is 0.478 e. The van der Waals surface area contributed by atoms with Gasteiger partial charge in [-0.05, 0) is 56.2 Å². The molecule has 0 atom stereocenters. The second kappa shape index (κ2) is 5.89. The third-order valence-corrected chi connectivity index (χ3v) is 3.67. The second-order valence-electron chi connectivity index (χ2n) is 5.15. The van der Waals surface area contributed by atoms with Crippen LogP contribution in [0.25, 0.3) is 11.8 Å². The molecular weight excluding hydrogens is 280 g/mol. The molecule has 1 aromatic heterocycles. The molecule has 114 valence electrons. The summed E-state index contributed by atoms with van der Waals surface area (Å²) in [6.45, 7) is 5.64. The maximum atomic E-state index is 11.3. The van der Waals surface area contributed by atoms with Gasteiger partial charge in [-0.25, -0.2) is 4.79 Å². The van der Waals surface area contributed by atoms with Gasteiger partial charge < -0.3 is 15.4 Å². The number of hydrogen-bond acceptors (Lipinski definition) is 2. The minimum Gasteiger partial charge on any atom is -0.478 e. The van der Waals surface area contributed by atoms with Crippen molar-refractivity contribution in [2.24, 2.45) is 5.73 Å². The fourth-order valence-electron chi connectivity index (χ4n) is 2.60. The Morgan fingerprint density at radius 3 is 2.50 bits per heavy atom. The maximum Gasteiger partial charge on any atom is 0.336 e. The highest BCUT2D eigenvalue weighted by molar-refractivity contribution is 5.91. The zero-order chi connectivity index (χ0) is 16.4. The van der Waals surface area contributed by atoms with Crippen molar-refractivity contribution >= 4 is 18.0 Å². The molecular formula is C17H18N2O3. The first-order valence-corrected chi connectivity index (χ1v) is 6.82. The van der Waals surface area contributed by atoms with Gasteiger partial charge in [0.25, 0.3) is 0 Å². The summed E-state index contributed by atoms with van der Waals surface area (Å²) in [5.74, 6) is -1.45. The van der Waals surface area contributed by atoms with Crippen LogP contribution >= 0.6 is 0 Å². The quantitative estimate of drug-likeness (QED) is 0.851. The average Bonchev–Trinajstić information content (AvgIpc) is 2.71. The van der Waals surface area contributed by atoms with Crippen molar-refractivity contribution in [1.82, 2.24) is 4.57 Å². The Balaban J connectivity index is 2.62. The fourth-order valence-corrected chi connectivity index (χ4v) is 2.60. The number of nitrogens with two attached hydrogens (primary N) is 1. The highest BCUT2D eigenvalue weighted by atomic mass is 16.4. The first kappa shape index (κ1) is 15.6. The summed E-state index contributed by atoms with van der Waals surface area (Å²) in [5.41, 5.74) is 9.65. The number of rotatable bonds is 4. The summed E-state index contributed by atoms with van der Waals surface area (Å²) >= 11 is 0. The molecule has 0 aliphatic heterocycles. The smallest absolute Gasteiger partial charge is 0.336 e. The van der Waals surface area contributed by atoms with Crippen LogP contribution in [0.1, 0.15) is 32.9 Å². The highest BCUT2D eigenvalue weighted by Crippen LogP contribution is 2.25. The first-order valence-electron chi connectivity index (χ1n) is 6.82. The van der Waals surface area contributed by atoms with E-state index in [0.717, 1.165) is 22.6 Å². The van der Waals surface area contributed by atoms with E-state index in [2.05, 4.69) is 0 Å². The molecule has 2 aromatic rings. The van der Waals surface area contributed by atoms with Crippen LogP contribution in [0.4, 0.5) is 0 Å². The summed E-state index contributed by atoms with van der Waals surface area (Å²) in [5, 5.41) is 9.25. The lowest BCUT2D eigenvalue weighted by Gasteiger charge is -2.14. The minimum atomic E-state index is -0.948. The van der Waals surface area contributed by atoms with E-state index in [1.807, 2.05) is 30.5 Å². The van der Waals surface area contributed by atoms with Crippen molar-refractivity contribution < 1.29 is 14.7 Å². The highest BCUT2D eigenvalue weighted by Gasteiger charge is 2.15. The number of aryl methyl sites for hydroxylation is 1. The molecule has 0 fully saturated rings. The van der Waals surface area contributed by atoms with Crippen molar-refractivity contribution in [1.29, 1.82) is 0 Å². The fraction of sp³-hybridized carbons (Fsp3) is 0.176. The number of aromatic carboxylic acids is 1. The van der Waals surface area contributed by atoms with Crippen LogP contribution in [0.5, 0.6) is 0 Å². The van der Waals surface area contributed by atoms with Gasteiger partial charge in [0, 0.05) is 23.2 Å². The Kier molecular flexibility index (Phi) is 4.17. The lowest BCUT2D eigenvalue weighted by molar-refractivity contribution is -0.113. The zero-order valence-corrected chi connectivity index (χ0v) is 12.8. The van der Waals surface area contributed by atoms with E-state index in [1.165, 1.54) is 6.08 Å². The van der Waals surface area contributed by atoms with Crippen molar-refractivity contribution in [2.45, 2.75) is 20.8 Å². The molecule has 1 aromatic carbocycles. The topological polar surface area (TPSA) is 85.3 Å². The van der Waals surface area contributed by atoms with E-state index in [-0.39, 0.29) is 5.56 Å². The van der Waals surface area contributed by atoms with Crippen molar-refractivity contribution in [3.8, 4) is 5.69 Å². The number of hydrogen-bond donors (Lipinski definition) is 2. The van der Waals surface area contributed by atoms with E-state index < -0.39 is 11.9 Å². The number of carbonyl (C=O) groups excluding carboxylic acids is 1. The van der Waals surface area contributed by atoms with E-state index in [0.29, 0.717) is 5.56 Å². The molecule has 2 rings (SSSR count). The summed E-state index contributed by atoms with van der Waals surface area (Å²) in [6.07, 6.45) is 2.98. The van der Waals surface area contributed by atoms with Crippen LogP contribution in [-0.2, 0) is 4.79 Å². The lowest BCUT2D eigenvalue weighted by atomic mass is 10.1. The minimum absolute atomic E-state index is 0.277. The molecule has 0 spiro atoms. The van der Waals surface area contributed by atoms with Gasteiger partial charge in [0.2, 0.25) is 5.91 Å². The predicted molar refractivity (Wildman–Crippen MR) is 85.2 cm³/mol. The van der Waals surface area contributed by atoms with Crippen LogP contribution in [0.3, 0.4) is 0 Å². The molecule has 0 radical (unpaired) electrons. The van der Waals surface area contributed by atoms with E-state index in [4.69, 9.17) is 5.73 Å². The lowest BCUT2D eigenvalue weighted by Crippen LogP contribution is -2.07. The number of aromatic nitrogens is 1. The molecule has 0 saturated heterocycles. The van der Waals surface area contributed by atoms with Gasteiger partial charge in [-0.3, -0.25) is 4.79 Å². The van der Waals surface area contributed by atoms with Gasteiger partial charge in [-0.1, -0.05) is 6.07 Å². The van der Waals surface area contributed by atoms with E-state index >= 15 is 0 Å². The van der Waals surface area contributed by atoms with E-state index in [1.54, 1.807) is 25.1 Å². The first-order chi connectivity index (χ1) is 10.3. The van der Waals surface area contributed by atoms with Gasteiger partial charge in [-0.2, -0.15) is 0 Å². The molecule has 5 heteroatoms. The molecule has 1 amide bonds. The van der Waals surface area contributed by atoms with Gasteiger partial charge in [0.05, 0.1) is 5.56 Å². The zero-order valence-electron chi connectivity index (χ0n) is 12.8. The standard InChI is InChI=1S/C17H18N2O3/c1-10-9-13(7-8-16(18)20)12(3)19(10)15-6-4-5-14(11(15)2)17(21)22/h4-9H,1-3H3,(H2,18,20)(H,21,22)/b8-7+. The average molecular weight is 298 g/mol. The summed E-state index contributed by atoms with van der Waals surface area (Å²) in [7, 11) is 0. The number of carbonyl (C=O) groups is 2. The molecule has 1 heterocycles. The molecule has 0 unspecified atom stereocenters. The second-order valence-corrected chi connectivity index (χ2v) is 5.15.